The van der Waals surface area contributed by atoms with Crippen LogP contribution in [0.4, 0.5) is 0 Å². The van der Waals surface area contributed by atoms with Crippen LogP contribution in [0.2, 0.25) is 18.1 Å². The van der Waals surface area contributed by atoms with Crippen molar-refractivity contribution in [3.8, 4) is 0 Å². The quantitative estimate of drug-likeness (QED) is 0.409. The van der Waals surface area contributed by atoms with E-state index in [2.05, 4.69) is 74.0 Å². The van der Waals surface area contributed by atoms with Gasteiger partial charge in [-0.15, -0.1) is 0 Å². The predicted octanol–water partition coefficient (Wildman–Crippen LogP) is 4.18. The van der Waals surface area contributed by atoms with Gasteiger partial charge in [-0.3, -0.25) is 4.79 Å². The molecule has 98 valence electrons. The van der Waals surface area contributed by atoms with Gasteiger partial charge in [-0.1, -0.05) is 46.9 Å². The molecule has 17 heavy (non-hydrogen) atoms. The molecule has 1 rings (SSSR count). The van der Waals surface area contributed by atoms with E-state index >= 15 is 0 Å². The SMILES string of the molecule is C/C(I)=C\[C@@H]1[C@@H](C)C(=O)N1[Si](C)(C)C(C)(C)C. The summed E-state index contributed by atoms with van der Waals surface area (Å²) in [5.41, 5.74) is 0. The standard InChI is InChI=1S/C13H24INOSi/c1-9(14)8-11-10(2)12(16)15(11)17(6,7)13(3,4)5/h8,10-11H,1-7H3/b9-8+/t10-,11-/m1/s1. The topological polar surface area (TPSA) is 20.3 Å². The van der Waals surface area contributed by atoms with Crippen LogP contribution in [0.25, 0.3) is 0 Å². The molecule has 2 atom stereocenters. The minimum atomic E-state index is -1.72. The number of halogens is 1. The summed E-state index contributed by atoms with van der Waals surface area (Å²) in [6.45, 7) is 15.5. The van der Waals surface area contributed by atoms with Crippen LogP contribution in [-0.2, 0) is 4.79 Å². The Hall–Kier alpha value is 0.157. The zero-order valence-electron chi connectivity index (χ0n) is 12.0. The highest BCUT2D eigenvalue weighted by molar-refractivity contribution is 14.1. The molecule has 0 unspecified atom stereocenters. The second-order valence-corrected chi connectivity index (χ2v) is 13.4. The van der Waals surface area contributed by atoms with E-state index in [0.29, 0.717) is 11.9 Å². The molecule has 1 saturated heterocycles. The fourth-order valence-electron chi connectivity index (χ4n) is 2.12. The monoisotopic (exact) mass is 365 g/mol. The molecule has 0 spiro atoms. The molecule has 0 saturated carbocycles. The average Bonchev–Trinajstić information content (AvgIpc) is 2.13. The summed E-state index contributed by atoms with van der Waals surface area (Å²) in [6.07, 6.45) is 2.24. The van der Waals surface area contributed by atoms with Crippen molar-refractivity contribution >= 4 is 36.7 Å². The summed E-state index contributed by atoms with van der Waals surface area (Å²) in [6, 6.07) is 0.320. The van der Waals surface area contributed by atoms with Crippen LogP contribution in [0.15, 0.2) is 9.66 Å². The molecule has 1 aliphatic rings. The van der Waals surface area contributed by atoms with E-state index in [0.717, 1.165) is 0 Å². The largest absolute Gasteiger partial charge is 0.362 e. The van der Waals surface area contributed by atoms with Crippen LogP contribution >= 0.6 is 22.6 Å². The molecule has 1 amide bonds. The summed E-state index contributed by atoms with van der Waals surface area (Å²) in [4.78, 5) is 12.2. The summed E-state index contributed by atoms with van der Waals surface area (Å²) in [7, 11) is -1.72. The third kappa shape index (κ3) is 2.62. The van der Waals surface area contributed by atoms with E-state index in [9.17, 15) is 4.79 Å². The van der Waals surface area contributed by atoms with Crippen molar-refractivity contribution in [2.24, 2.45) is 5.92 Å². The first-order valence-electron chi connectivity index (χ1n) is 6.17. The normalized spacial score (nSPS) is 27.2. The van der Waals surface area contributed by atoms with Crippen molar-refractivity contribution in [2.45, 2.75) is 58.8 Å². The Morgan fingerprint density at radius 1 is 1.41 bits per heavy atom. The summed E-state index contributed by atoms with van der Waals surface area (Å²) in [5, 5.41) is 0.216. The highest BCUT2D eigenvalue weighted by atomic mass is 127. The molecular weight excluding hydrogens is 341 g/mol. The third-order valence-electron chi connectivity index (χ3n) is 4.28. The van der Waals surface area contributed by atoms with Gasteiger partial charge in [-0.25, -0.2) is 0 Å². The molecule has 0 bridgehead atoms. The van der Waals surface area contributed by atoms with Crippen molar-refractivity contribution in [2.75, 3.05) is 0 Å². The zero-order valence-corrected chi connectivity index (χ0v) is 15.1. The lowest BCUT2D eigenvalue weighted by atomic mass is 9.92. The maximum absolute atomic E-state index is 12.2. The number of nitrogens with zero attached hydrogens (tertiary/aromatic N) is 1. The smallest absolute Gasteiger partial charge is 0.220 e. The van der Waals surface area contributed by atoms with Gasteiger partial charge in [-0.05, 0) is 38.1 Å². The van der Waals surface area contributed by atoms with Crippen LogP contribution in [-0.4, -0.2) is 24.7 Å². The molecule has 4 heteroatoms. The maximum Gasteiger partial charge on any atom is 0.220 e. The fraction of sp³-hybridized carbons (Fsp3) is 0.769. The Labute approximate surface area is 120 Å². The summed E-state index contributed by atoms with van der Waals surface area (Å²) in [5.74, 6) is 0.504. The molecule has 0 radical (unpaired) electrons. The number of rotatable bonds is 2. The first-order chi connectivity index (χ1) is 7.50. The van der Waals surface area contributed by atoms with Crippen LogP contribution < -0.4 is 0 Å². The van der Waals surface area contributed by atoms with Crippen LogP contribution in [0, 0.1) is 5.92 Å². The lowest BCUT2D eigenvalue weighted by molar-refractivity contribution is -0.144. The fourth-order valence-corrected chi connectivity index (χ4v) is 5.01. The lowest BCUT2D eigenvalue weighted by Crippen LogP contribution is -2.71. The van der Waals surface area contributed by atoms with E-state index < -0.39 is 8.24 Å². The van der Waals surface area contributed by atoms with Gasteiger partial charge in [0.05, 0.1) is 12.0 Å². The lowest BCUT2D eigenvalue weighted by Gasteiger charge is -2.57. The number of hydrogen-bond acceptors (Lipinski definition) is 1. The Balaban J connectivity index is 3.05. The molecular formula is C13H24INOSi. The van der Waals surface area contributed by atoms with Crippen molar-refractivity contribution in [1.29, 1.82) is 0 Å². The molecule has 0 aromatic heterocycles. The Morgan fingerprint density at radius 3 is 2.24 bits per heavy atom. The first-order valence-corrected chi connectivity index (χ1v) is 10.2. The Kier molecular flexibility index (Phi) is 4.19. The molecule has 0 aliphatic carbocycles. The highest BCUT2D eigenvalue weighted by Gasteiger charge is 2.54. The molecule has 0 aromatic carbocycles. The van der Waals surface area contributed by atoms with E-state index in [4.69, 9.17) is 0 Å². The molecule has 1 aliphatic heterocycles. The second-order valence-electron chi connectivity index (χ2n) is 6.55. The number of β-lactam (4-membered cyclic amide) rings is 1. The van der Waals surface area contributed by atoms with Crippen molar-refractivity contribution in [3.63, 3.8) is 0 Å². The maximum atomic E-state index is 12.2. The minimum Gasteiger partial charge on any atom is -0.362 e. The van der Waals surface area contributed by atoms with Crippen molar-refractivity contribution < 1.29 is 4.79 Å². The summed E-state index contributed by atoms with van der Waals surface area (Å²) >= 11 is 2.33. The van der Waals surface area contributed by atoms with E-state index in [1.54, 1.807) is 0 Å². The van der Waals surface area contributed by atoms with Gasteiger partial charge in [-0.2, -0.15) is 0 Å². The van der Waals surface area contributed by atoms with Crippen LogP contribution in [0.3, 0.4) is 0 Å². The van der Waals surface area contributed by atoms with Gasteiger partial charge >= 0.3 is 0 Å². The van der Waals surface area contributed by atoms with Gasteiger partial charge in [0.2, 0.25) is 5.91 Å². The van der Waals surface area contributed by atoms with E-state index in [1.165, 1.54) is 3.58 Å². The van der Waals surface area contributed by atoms with Gasteiger partial charge in [0, 0.05) is 0 Å². The molecule has 1 heterocycles. The van der Waals surface area contributed by atoms with Gasteiger partial charge < -0.3 is 4.57 Å². The third-order valence-corrected chi connectivity index (χ3v) is 10.0. The molecule has 1 fully saturated rings. The van der Waals surface area contributed by atoms with E-state index in [-0.39, 0.29) is 11.0 Å². The zero-order chi connectivity index (χ0) is 13.6. The second kappa shape index (κ2) is 4.68. The molecule has 0 aromatic rings. The Morgan fingerprint density at radius 2 is 1.88 bits per heavy atom. The van der Waals surface area contributed by atoms with Gasteiger partial charge in [0.1, 0.15) is 0 Å². The number of carbonyl (C=O) groups excluding carboxylic acids is 1. The van der Waals surface area contributed by atoms with E-state index in [1.807, 2.05) is 6.92 Å². The van der Waals surface area contributed by atoms with Gasteiger partial charge in [0.15, 0.2) is 8.24 Å². The summed E-state index contributed by atoms with van der Waals surface area (Å²) < 4.78 is 3.47. The number of allylic oxidation sites excluding steroid dienone is 1. The van der Waals surface area contributed by atoms with Crippen molar-refractivity contribution in [3.05, 3.63) is 9.66 Å². The predicted molar refractivity (Wildman–Crippen MR) is 84.8 cm³/mol. The van der Waals surface area contributed by atoms with Crippen LogP contribution in [0.5, 0.6) is 0 Å². The number of hydrogen-bond donors (Lipinski definition) is 0. The molecule has 2 nitrogen and oxygen atoms in total. The number of amides is 1. The first kappa shape index (κ1) is 15.2. The minimum absolute atomic E-state index is 0.161. The highest BCUT2D eigenvalue weighted by Crippen LogP contribution is 2.45. The Bertz CT molecular complexity index is 353. The number of carbonyl (C=O) groups is 1. The van der Waals surface area contributed by atoms with Gasteiger partial charge in [0.25, 0.3) is 0 Å². The van der Waals surface area contributed by atoms with Crippen molar-refractivity contribution in [1.82, 2.24) is 4.57 Å². The van der Waals surface area contributed by atoms with Crippen LogP contribution in [0.1, 0.15) is 34.6 Å². The molecule has 0 N–H and O–H groups in total. The average molecular weight is 365 g/mol.